The Bertz CT molecular complexity index is 434. The predicted molar refractivity (Wildman–Crippen MR) is 74.1 cm³/mol. The van der Waals surface area contributed by atoms with Gasteiger partial charge in [-0.25, -0.2) is 4.98 Å². The molecule has 17 heavy (non-hydrogen) atoms. The maximum atomic E-state index is 4.37. The van der Waals surface area contributed by atoms with E-state index in [-0.39, 0.29) is 0 Å². The minimum Gasteiger partial charge on any atom is -0.368 e. The van der Waals surface area contributed by atoms with Gasteiger partial charge in [-0.05, 0) is 40.9 Å². The average molecular weight is 294 g/mol. The molecule has 2 aliphatic heterocycles. The van der Waals surface area contributed by atoms with Gasteiger partial charge in [0.2, 0.25) is 0 Å². The summed E-state index contributed by atoms with van der Waals surface area (Å²) in [6, 6.07) is 2.83. The molecule has 3 nitrogen and oxygen atoms in total. The fourth-order valence-corrected chi connectivity index (χ4v) is 3.21. The summed E-state index contributed by atoms with van der Waals surface area (Å²) in [7, 11) is 0. The third kappa shape index (κ3) is 2.00. The van der Waals surface area contributed by atoms with Crippen LogP contribution in [0.5, 0.6) is 0 Å². The van der Waals surface area contributed by atoms with E-state index in [1.165, 1.54) is 18.7 Å². The lowest BCUT2D eigenvalue weighted by molar-refractivity contribution is 0.556. The predicted octanol–water partition coefficient (Wildman–Crippen LogP) is 2.29. The first-order valence-corrected chi connectivity index (χ1v) is 6.83. The van der Waals surface area contributed by atoms with Crippen LogP contribution in [0.4, 0.5) is 5.69 Å². The van der Waals surface area contributed by atoms with Gasteiger partial charge in [-0.3, -0.25) is 0 Å². The number of fused-ring (bicyclic) bond motifs is 1. The fraction of sp³-hybridized carbons (Fsp3) is 0.462. The van der Waals surface area contributed by atoms with E-state index in [0.717, 1.165) is 29.2 Å². The molecule has 0 amide bonds. The van der Waals surface area contributed by atoms with Gasteiger partial charge >= 0.3 is 0 Å². The number of hydrogen-bond donors (Lipinski definition) is 1. The normalized spacial score (nSPS) is 27.2. The summed E-state index contributed by atoms with van der Waals surface area (Å²) < 4.78 is 0.869. The summed E-state index contributed by atoms with van der Waals surface area (Å²) in [5.41, 5.74) is 2.27. The minimum absolute atomic E-state index is 0.672. The van der Waals surface area contributed by atoms with E-state index in [4.69, 9.17) is 0 Å². The Morgan fingerprint density at radius 1 is 1.53 bits per heavy atom. The quantitative estimate of drug-likeness (QED) is 0.848. The summed E-state index contributed by atoms with van der Waals surface area (Å²) in [6.07, 6.45) is 5.09. The van der Waals surface area contributed by atoms with Gasteiger partial charge in [0.05, 0.1) is 11.9 Å². The van der Waals surface area contributed by atoms with Crippen molar-refractivity contribution >= 4 is 27.7 Å². The van der Waals surface area contributed by atoms with Crippen LogP contribution in [0.1, 0.15) is 12.0 Å². The van der Waals surface area contributed by atoms with Gasteiger partial charge in [0.15, 0.2) is 0 Å². The molecule has 0 radical (unpaired) electrons. The smallest absolute Gasteiger partial charge is 0.113 e. The van der Waals surface area contributed by atoms with Crippen molar-refractivity contribution in [3.05, 3.63) is 29.0 Å². The van der Waals surface area contributed by atoms with Gasteiger partial charge in [0.1, 0.15) is 4.60 Å². The van der Waals surface area contributed by atoms with Crippen LogP contribution in [0, 0.1) is 5.92 Å². The lowest BCUT2D eigenvalue weighted by Crippen LogP contribution is -2.30. The summed E-state index contributed by atoms with van der Waals surface area (Å²) in [5, 5.41) is 3.57. The first-order valence-electron chi connectivity index (χ1n) is 6.04. The summed E-state index contributed by atoms with van der Waals surface area (Å²) in [6.45, 7) is 7.25. The van der Waals surface area contributed by atoms with E-state index in [1.54, 1.807) is 0 Å². The largest absolute Gasteiger partial charge is 0.368 e. The monoisotopic (exact) mass is 293 g/mol. The molecule has 2 aliphatic rings. The van der Waals surface area contributed by atoms with Crippen molar-refractivity contribution in [2.75, 3.05) is 24.5 Å². The Kier molecular flexibility index (Phi) is 2.92. The van der Waals surface area contributed by atoms with Crippen molar-refractivity contribution in [1.82, 2.24) is 10.3 Å². The molecule has 90 valence electrons. The second-order valence-electron chi connectivity index (χ2n) is 4.79. The maximum absolute atomic E-state index is 4.37. The van der Waals surface area contributed by atoms with Crippen molar-refractivity contribution < 1.29 is 0 Å². The Hall–Kier alpha value is -0.870. The van der Waals surface area contributed by atoms with Crippen LogP contribution in [0.2, 0.25) is 0 Å². The number of aromatic nitrogens is 1. The molecule has 1 aromatic rings. The number of hydrogen-bond acceptors (Lipinski definition) is 3. The molecule has 0 saturated carbocycles. The van der Waals surface area contributed by atoms with Crippen LogP contribution in [-0.2, 0) is 0 Å². The fourth-order valence-electron chi connectivity index (χ4n) is 2.83. The molecule has 2 fully saturated rings. The van der Waals surface area contributed by atoms with Gasteiger partial charge in [0, 0.05) is 24.7 Å². The van der Waals surface area contributed by atoms with E-state index < -0.39 is 0 Å². The highest BCUT2D eigenvalue weighted by Gasteiger charge is 2.36. The number of nitrogens with one attached hydrogen (secondary N) is 1. The van der Waals surface area contributed by atoms with Gasteiger partial charge in [0.25, 0.3) is 0 Å². The first kappa shape index (κ1) is 11.2. The number of nitrogens with zero attached hydrogens (tertiary/aromatic N) is 2. The molecule has 0 aliphatic carbocycles. The van der Waals surface area contributed by atoms with Crippen LogP contribution in [0.3, 0.4) is 0 Å². The lowest BCUT2D eigenvalue weighted by Gasteiger charge is -2.19. The molecule has 3 rings (SSSR count). The molecule has 4 heteroatoms. The van der Waals surface area contributed by atoms with Crippen molar-refractivity contribution in [2.45, 2.75) is 12.5 Å². The molecule has 2 atom stereocenters. The first-order chi connectivity index (χ1) is 8.28. The van der Waals surface area contributed by atoms with Crippen LogP contribution < -0.4 is 10.2 Å². The molecule has 2 saturated heterocycles. The van der Waals surface area contributed by atoms with Crippen molar-refractivity contribution in [1.29, 1.82) is 0 Å². The highest BCUT2D eigenvalue weighted by molar-refractivity contribution is 9.10. The molecule has 0 spiro atoms. The van der Waals surface area contributed by atoms with Crippen LogP contribution in [0.15, 0.2) is 23.4 Å². The van der Waals surface area contributed by atoms with E-state index in [1.807, 2.05) is 12.3 Å². The van der Waals surface area contributed by atoms with Crippen molar-refractivity contribution in [3.63, 3.8) is 0 Å². The Morgan fingerprint density at radius 3 is 3.18 bits per heavy atom. The van der Waals surface area contributed by atoms with Gasteiger partial charge < -0.3 is 10.2 Å². The molecule has 3 heterocycles. The second-order valence-corrected chi connectivity index (χ2v) is 5.54. The maximum Gasteiger partial charge on any atom is 0.113 e. The third-order valence-electron chi connectivity index (χ3n) is 3.80. The highest BCUT2D eigenvalue weighted by Crippen LogP contribution is 2.30. The number of halogens is 1. The van der Waals surface area contributed by atoms with Crippen molar-refractivity contribution in [2.24, 2.45) is 5.92 Å². The minimum atomic E-state index is 0.672. The zero-order valence-corrected chi connectivity index (χ0v) is 11.3. The zero-order valence-electron chi connectivity index (χ0n) is 9.69. The molecular formula is C13H16BrN3. The number of pyridine rings is 1. The van der Waals surface area contributed by atoms with Gasteiger partial charge in [-0.1, -0.05) is 12.7 Å². The highest BCUT2D eigenvalue weighted by atomic mass is 79.9. The lowest BCUT2D eigenvalue weighted by atomic mass is 10.1. The van der Waals surface area contributed by atoms with E-state index in [2.05, 4.69) is 43.8 Å². The zero-order chi connectivity index (χ0) is 11.8. The summed E-state index contributed by atoms with van der Waals surface area (Å²) in [5.74, 6) is 0.811. The van der Waals surface area contributed by atoms with E-state index >= 15 is 0 Å². The molecule has 1 aromatic heterocycles. The second kappa shape index (κ2) is 4.42. The molecule has 1 N–H and O–H groups in total. The van der Waals surface area contributed by atoms with Crippen molar-refractivity contribution in [3.8, 4) is 0 Å². The van der Waals surface area contributed by atoms with Crippen LogP contribution >= 0.6 is 15.9 Å². The van der Waals surface area contributed by atoms with E-state index in [9.17, 15) is 0 Å². The van der Waals surface area contributed by atoms with Gasteiger partial charge in [-0.15, -0.1) is 0 Å². The molecule has 0 unspecified atom stereocenters. The third-order valence-corrected chi connectivity index (χ3v) is 4.46. The van der Waals surface area contributed by atoms with Crippen LogP contribution in [-0.4, -0.2) is 30.7 Å². The van der Waals surface area contributed by atoms with Gasteiger partial charge in [-0.2, -0.15) is 0 Å². The Morgan fingerprint density at radius 2 is 2.41 bits per heavy atom. The Balaban J connectivity index is 1.83. The summed E-state index contributed by atoms with van der Waals surface area (Å²) >= 11 is 3.43. The molecule has 0 bridgehead atoms. The number of rotatable bonds is 2. The topological polar surface area (TPSA) is 28.2 Å². The molecular weight excluding hydrogens is 278 g/mol. The van der Waals surface area contributed by atoms with Crippen LogP contribution in [0.25, 0.3) is 6.08 Å². The molecule has 0 aromatic carbocycles. The SMILES string of the molecule is C=Cc1cc(N2C[C@H]3CCN[C@H]3C2)cnc1Br. The standard InChI is InChI=1S/C13H16BrN3/c1-2-9-5-11(6-16-13(9)14)17-7-10-3-4-15-12(10)8-17/h2,5-6,10,12,15H,1,3-4,7-8H2/t10-,12+/m1/s1. The van der Waals surface area contributed by atoms with E-state index in [0.29, 0.717) is 6.04 Å². The number of anilines is 1. The average Bonchev–Trinajstić information content (AvgIpc) is 2.90. The Labute approximate surface area is 110 Å². The summed E-state index contributed by atoms with van der Waals surface area (Å²) in [4.78, 5) is 6.80.